The monoisotopic (exact) mass is 339 g/mol. The first-order chi connectivity index (χ1) is 11.3. The van der Waals surface area contributed by atoms with Gasteiger partial charge in [-0.2, -0.15) is 5.10 Å². The minimum absolute atomic E-state index is 0.180. The zero-order chi connectivity index (χ0) is 17.9. The molecule has 1 unspecified atom stereocenters. The number of halogens is 2. The van der Waals surface area contributed by atoms with E-state index in [9.17, 15) is 18.7 Å². The van der Waals surface area contributed by atoms with Gasteiger partial charge in [0.15, 0.2) is 11.6 Å². The number of carbonyl (C=O) groups excluding carboxylic acids is 1. The van der Waals surface area contributed by atoms with E-state index in [-0.39, 0.29) is 18.9 Å². The molecule has 1 atom stereocenters. The standard InChI is InChI=1S/C16H19F2N3O3/c1-4-24-12-6-5-11(17)13(14(12)18)15(22)19-9-16(2,23)10-7-20-21(3)8-10/h5-8,23H,4,9H2,1-3H3,(H,19,22). The number of amides is 1. The van der Waals surface area contributed by atoms with Crippen LogP contribution >= 0.6 is 0 Å². The van der Waals surface area contributed by atoms with E-state index in [4.69, 9.17) is 4.74 Å². The van der Waals surface area contributed by atoms with Gasteiger partial charge in [-0.15, -0.1) is 0 Å². The number of hydrogen-bond donors (Lipinski definition) is 2. The van der Waals surface area contributed by atoms with E-state index in [0.29, 0.717) is 5.56 Å². The fourth-order valence-corrected chi connectivity index (χ4v) is 2.15. The van der Waals surface area contributed by atoms with Gasteiger partial charge >= 0.3 is 0 Å². The molecule has 1 aromatic carbocycles. The molecule has 0 saturated heterocycles. The van der Waals surface area contributed by atoms with Crippen LogP contribution in [0.15, 0.2) is 24.5 Å². The van der Waals surface area contributed by atoms with E-state index in [1.54, 1.807) is 20.2 Å². The number of hydrogen-bond acceptors (Lipinski definition) is 4. The molecule has 2 N–H and O–H groups in total. The maximum Gasteiger partial charge on any atom is 0.257 e. The minimum atomic E-state index is -1.44. The summed E-state index contributed by atoms with van der Waals surface area (Å²) in [5, 5.41) is 16.7. The maximum absolute atomic E-state index is 14.2. The molecule has 2 rings (SSSR count). The van der Waals surface area contributed by atoms with Gasteiger partial charge in [-0.3, -0.25) is 9.48 Å². The first-order valence-electron chi connectivity index (χ1n) is 7.36. The molecule has 0 aliphatic rings. The van der Waals surface area contributed by atoms with Gasteiger partial charge in [-0.1, -0.05) is 0 Å². The van der Waals surface area contributed by atoms with Crippen LogP contribution in [0.3, 0.4) is 0 Å². The molecule has 1 aromatic heterocycles. The number of ether oxygens (including phenoxy) is 1. The van der Waals surface area contributed by atoms with Gasteiger partial charge in [-0.25, -0.2) is 8.78 Å². The zero-order valence-electron chi connectivity index (χ0n) is 13.6. The third-order valence-electron chi connectivity index (χ3n) is 3.50. The first-order valence-corrected chi connectivity index (χ1v) is 7.36. The number of nitrogens with zero attached hydrogens (tertiary/aromatic N) is 2. The van der Waals surface area contributed by atoms with E-state index >= 15 is 0 Å². The number of aliphatic hydroxyl groups is 1. The molecule has 0 saturated carbocycles. The Bertz CT molecular complexity index is 744. The zero-order valence-corrected chi connectivity index (χ0v) is 13.6. The van der Waals surface area contributed by atoms with Crippen LogP contribution in [-0.4, -0.2) is 33.9 Å². The largest absolute Gasteiger partial charge is 0.491 e. The smallest absolute Gasteiger partial charge is 0.257 e. The second-order valence-corrected chi connectivity index (χ2v) is 5.53. The Hall–Kier alpha value is -2.48. The van der Waals surface area contributed by atoms with E-state index in [1.165, 1.54) is 17.8 Å². The van der Waals surface area contributed by atoms with Crippen LogP contribution in [0.1, 0.15) is 29.8 Å². The van der Waals surface area contributed by atoms with Crippen LogP contribution in [0.4, 0.5) is 8.78 Å². The molecule has 0 aliphatic carbocycles. The number of rotatable bonds is 6. The molecule has 0 fully saturated rings. The van der Waals surface area contributed by atoms with E-state index in [0.717, 1.165) is 12.1 Å². The summed E-state index contributed by atoms with van der Waals surface area (Å²) in [6.45, 7) is 3.05. The number of benzene rings is 1. The lowest BCUT2D eigenvalue weighted by molar-refractivity contribution is 0.0523. The lowest BCUT2D eigenvalue weighted by Crippen LogP contribution is -2.39. The summed E-state index contributed by atoms with van der Waals surface area (Å²) in [7, 11) is 1.68. The highest BCUT2D eigenvalue weighted by Gasteiger charge is 2.28. The fraction of sp³-hybridized carbons (Fsp3) is 0.375. The van der Waals surface area contributed by atoms with Gasteiger partial charge in [0.05, 0.1) is 19.3 Å². The molecule has 0 radical (unpaired) electrons. The topological polar surface area (TPSA) is 76.4 Å². The Labute approximate surface area is 138 Å². The third-order valence-corrected chi connectivity index (χ3v) is 3.50. The Morgan fingerprint density at radius 2 is 2.17 bits per heavy atom. The van der Waals surface area contributed by atoms with Crippen LogP contribution in [0, 0.1) is 11.6 Å². The van der Waals surface area contributed by atoms with Crippen molar-refractivity contribution in [2.24, 2.45) is 7.05 Å². The minimum Gasteiger partial charge on any atom is -0.491 e. The van der Waals surface area contributed by atoms with Gasteiger partial charge in [0, 0.05) is 18.8 Å². The molecular weight excluding hydrogens is 320 g/mol. The average Bonchev–Trinajstić information content (AvgIpc) is 2.96. The normalized spacial score (nSPS) is 13.4. The van der Waals surface area contributed by atoms with Gasteiger partial charge in [0.25, 0.3) is 5.91 Å². The Morgan fingerprint density at radius 3 is 2.75 bits per heavy atom. The van der Waals surface area contributed by atoms with Gasteiger partial charge in [-0.05, 0) is 26.0 Å². The predicted molar refractivity (Wildman–Crippen MR) is 82.6 cm³/mol. The van der Waals surface area contributed by atoms with Crippen LogP contribution in [0.5, 0.6) is 5.75 Å². The number of carbonyl (C=O) groups is 1. The second-order valence-electron chi connectivity index (χ2n) is 5.53. The number of aryl methyl sites for hydroxylation is 1. The molecule has 24 heavy (non-hydrogen) atoms. The second kappa shape index (κ2) is 6.96. The maximum atomic E-state index is 14.2. The van der Waals surface area contributed by atoms with Crippen molar-refractivity contribution in [3.05, 3.63) is 47.3 Å². The molecule has 0 aliphatic heterocycles. The van der Waals surface area contributed by atoms with Gasteiger partial charge in [0.1, 0.15) is 17.0 Å². The highest BCUT2D eigenvalue weighted by atomic mass is 19.1. The Morgan fingerprint density at radius 1 is 1.46 bits per heavy atom. The Kier molecular flexibility index (Phi) is 5.18. The summed E-state index contributed by atoms with van der Waals surface area (Å²) < 4.78 is 34.6. The Balaban J connectivity index is 2.17. The highest BCUT2D eigenvalue weighted by Crippen LogP contribution is 2.24. The summed E-state index contributed by atoms with van der Waals surface area (Å²) in [6, 6.07) is 2.08. The fourth-order valence-electron chi connectivity index (χ4n) is 2.15. The predicted octanol–water partition coefficient (Wildman–Crippen LogP) is 1.73. The lowest BCUT2D eigenvalue weighted by atomic mass is 9.99. The van der Waals surface area contributed by atoms with Gasteiger partial charge < -0.3 is 15.2 Å². The summed E-state index contributed by atoms with van der Waals surface area (Å²) in [5.41, 5.74) is -1.72. The number of aromatic nitrogens is 2. The van der Waals surface area contributed by atoms with Crippen molar-refractivity contribution < 1.29 is 23.4 Å². The molecule has 0 bridgehead atoms. The SMILES string of the molecule is CCOc1ccc(F)c(C(=O)NCC(C)(O)c2cnn(C)c2)c1F. The van der Waals surface area contributed by atoms with Crippen molar-refractivity contribution in [1.82, 2.24) is 15.1 Å². The summed E-state index contributed by atoms with van der Waals surface area (Å²) in [6.07, 6.45) is 3.03. The van der Waals surface area contributed by atoms with Crippen molar-refractivity contribution in [2.75, 3.05) is 13.2 Å². The lowest BCUT2D eigenvalue weighted by Gasteiger charge is -2.22. The summed E-state index contributed by atoms with van der Waals surface area (Å²) >= 11 is 0. The van der Waals surface area contributed by atoms with Crippen LogP contribution in [0.25, 0.3) is 0 Å². The van der Waals surface area contributed by atoms with Crippen LogP contribution in [-0.2, 0) is 12.6 Å². The van der Waals surface area contributed by atoms with Crippen molar-refractivity contribution in [2.45, 2.75) is 19.4 Å². The molecule has 1 amide bonds. The number of nitrogens with one attached hydrogen (secondary N) is 1. The van der Waals surface area contributed by atoms with Gasteiger partial charge in [0.2, 0.25) is 0 Å². The molecule has 8 heteroatoms. The quantitative estimate of drug-likeness (QED) is 0.840. The van der Waals surface area contributed by atoms with Crippen LogP contribution in [0.2, 0.25) is 0 Å². The molecule has 2 aromatic rings. The van der Waals surface area contributed by atoms with E-state index in [2.05, 4.69) is 10.4 Å². The highest BCUT2D eigenvalue weighted by molar-refractivity contribution is 5.95. The summed E-state index contributed by atoms with van der Waals surface area (Å²) in [5.74, 6) is -3.26. The van der Waals surface area contributed by atoms with E-state index in [1.807, 2.05) is 0 Å². The molecule has 0 spiro atoms. The molecule has 130 valence electrons. The van der Waals surface area contributed by atoms with Crippen molar-refractivity contribution in [3.8, 4) is 5.75 Å². The van der Waals surface area contributed by atoms with Crippen molar-refractivity contribution >= 4 is 5.91 Å². The summed E-state index contributed by atoms with van der Waals surface area (Å²) in [4.78, 5) is 12.1. The van der Waals surface area contributed by atoms with Crippen LogP contribution < -0.4 is 10.1 Å². The molecular formula is C16H19F2N3O3. The first kappa shape index (κ1) is 17.9. The van der Waals surface area contributed by atoms with Crippen molar-refractivity contribution in [1.29, 1.82) is 0 Å². The molecule has 6 nitrogen and oxygen atoms in total. The average molecular weight is 339 g/mol. The van der Waals surface area contributed by atoms with Crippen molar-refractivity contribution in [3.63, 3.8) is 0 Å². The molecule has 1 heterocycles. The van der Waals surface area contributed by atoms with E-state index < -0.39 is 28.7 Å². The third kappa shape index (κ3) is 3.70.